The molecule has 2 aromatic carbocycles. The third kappa shape index (κ3) is 2.42. The number of aryl methyl sites for hydroxylation is 1. The van der Waals surface area contributed by atoms with Crippen molar-refractivity contribution in [2.45, 2.75) is 13.5 Å². The minimum absolute atomic E-state index is 0.303. The molecule has 1 aliphatic rings. The van der Waals surface area contributed by atoms with Crippen LogP contribution in [0.1, 0.15) is 11.1 Å². The van der Waals surface area contributed by atoms with Crippen molar-refractivity contribution in [2.24, 2.45) is 0 Å². The largest absolute Gasteiger partial charge is 0.454 e. The highest BCUT2D eigenvalue weighted by atomic mass is 16.7. The van der Waals surface area contributed by atoms with Gasteiger partial charge in [0, 0.05) is 6.54 Å². The molecule has 0 bridgehead atoms. The van der Waals surface area contributed by atoms with Crippen molar-refractivity contribution >= 4 is 11.4 Å². The van der Waals surface area contributed by atoms with Gasteiger partial charge >= 0.3 is 0 Å². The second-order valence-electron chi connectivity index (χ2n) is 4.63. The molecule has 0 saturated carbocycles. The number of benzene rings is 2. The van der Waals surface area contributed by atoms with E-state index in [1.165, 1.54) is 5.56 Å². The van der Waals surface area contributed by atoms with E-state index in [4.69, 9.17) is 15.2 Å². The van der Waals surface area contributed by atoms with Crippen LogP contribution in [0.15, 0.2) is 36.4 Å². The van der Waals surface area contributed by atoms with Crippen LogP contribution in [0.2, 0.25) is 0 Å². The maximum atomic E-state index is 5.94. The Hall–Kier alpha value is -2.36. The van der Waals surface area contributed by atoms with Crippen LogP contribution in [0.5, 0.6) is 11.5 Å². The maximum absolute atomic E-state index is 5.94. The van der Waals surface area contributed by atoms with E-state index in [1.54, 1.807) is 0 Å². The SMILES string of the molecule is Cc1ccc(N)c(NCc2ccc3c(c2)OCO3)c1. The smallest absolute Gasteiger partial charge is 0.231 e. The lowest BCUT2D eigenvalue weighted by molar-refractivity contribution is 0.174. The number of fused-ring (bicyclic) bond motifs is 1. The van der Waals surface area contributed by atoms with Crippen LogP contribution in [0.3, 0.4) is 0 Å². The molecule has 0 fully saturated rings. The number of hydrogen-bond donors (Lipinski definition) is 2. The Morgan fingerprint density at radius 2 is 1.95 bits per heavy atom. The molecule has 0 spiro atoms. The predicted octanol–water partition coefficient (Wildman–Crippen LogP) is 2.92. The Kier molecular flexibility index (Phi) is 2.91. The Bertz CT molecular complexity index is 611. The van der Waals surface area contributed by atoms with Gasteiger partial charge in [-0.05, 0) is 42.3 Å². The van der Waals surface area contributed by atoms with Gasteiger partial charge in [-0.1, -0.05) is 12.1 Å². The summed E-state index contributed by atoms with van der Waals surface area (Å²) in [4.78, 5) is 0. The molecule has 4 nitrogen and oxygen atoms in total. The molecule has 0 radical (unpaired) electrons. The first kappa shape index (κ1) is 11.7. The number of hydrogen-bond acceptors (Lipinski definition) is 4. The zero-order valence-electron chi connectivity index (χ0n) is 10.8. The van der Waals surface area contributed by atoms with Gasteiger partial charge in [0.2, 0.25) is 6.79 Å². The van der Waals surface area contributed by atoms with E-state index in [-0.39, 0.29) is 0 Å². The number of nitrogens with one attached hydrogen (secondary N) is 1. The topological polar surface area (TPSA) is 56.5 Å². The van der Waals surface area contributed by atoms with E-state index in [9.17, 15) is 0 Å². The second kappa shape index (κ2) is 4.72. The van der Waals surface area contributed by atoms with E-state index in [1.807, 2.05) is 43.3 Å². The van der Waals surface area contributed by atoms with Gasteiger partial charge in [-0.2, -0.15) is 0 Å². The van der Waals surface area contributed by atoms with Gasteiger partial charge in [0.05, 0.1) is 11.4 Å². The summed E-state index contributed by atoms with van der Waals surface area (Å²) < 4.78 is 10.6. The first-order chi connectivity index (χ1) is 9.22. The standard InChI is InChI=1S/C15H16N2O2/c1-10-2-4-12(16)13(6-10)17-8-11-3-5-14-15(7-11)19-9-18-14/h2-7,17H,8-9,16H2,1H3. The molecule has 98 valence electrons. The average Bonchev–Trinajstić information content (AvgIpc) is 2.87. The number of anilines is 2. The van der Waals surface area contributed by atoms with Gasteiger partial charge in [0.1, 0.15) is 0 Å². The van der Waals surface area contributed by atoms with Crippen molar-refractivity contribution in [1.82, 2.24) is 0 Å². The molecule has 19 heavy (non-hydrogen) atoms. The summed E-state index contributed by atoms with van der Waals surface area (Å²) in [5, 5.41) is 3.34. The Morgan fingerprint density at radius 3 is 2.84 bits per heavy atom. The molecule has 0 unspecified atom stereocenters. The van der Waals surface area contributed by atoms with E-state index >= 15 is 0 Å². The Morgan fingerprint density at radius 1 is 1.11 bits per heavy atom. The van der Waals surface area contributed by atoms with Gasteiger partial charge in [-0.3, -0.25) is 0 Å². The molecule has 3 N–H and O–H groups in total. The van der Waals surface area contributed by atoms with Crippen LogP contribution in [0.4, 0.5) is 11.4 Å². The zero-order chi connectivity index (χ0) is 13.2. The predicted molar refractivity (Wildman–Crippen MR) is 75.5 cm³/mol. The monoisotopic (exact) mass is 256 g/mol. The fourth-order valence-electron chi connectivity index (χ4n) is 2.07. The molecular formula is C15H16N2O2. The first-order valence-corrected chi connectivity index (χ1v) is 6.21. The second-order valence-corrected chi connectivity index (χ2v) is 4.63. The number of nitrogen functional groups attached to an aromatic ring is 1. The molecule has 0 saturated heterocycles. The highest BCUT2D eigenvalue weighted by Crippen LogP contribution is 2.32. The van der Waals surface area contributed by atoms with Crippen molar-refractivity contribution in [3.63, 3.8) is 0 Å². The molecule has 0 amide bonds. The molecule has 2 aromatic rings. The molecule has 0 atom stereocenters. The molecular weight excluding hydrogens is 240 g/mol. The van der Waals surface area contributed by atoms with Gasteiger partial charge in [-0.25, -0.2) is 0 Å². The fraction of sp³-hybridized carbons (Fsp3) is 0.200. The molecule has 1 aliphatic heterocycles. The van der Waals surface area contributed by atoms with Crippen molar-refractivity contribution in [1.29, 1.82) is 0 Å². The average molecular weight is 256 g/mol. The fourth-order valence-corrected chi connectivity index (χ4v) is 2.07. The van der Waals surface area contributed by atoms with E-state index in [2.05, 4.69) is 5.32 Å². The zero-order valence-corrected chi connectivity index (χ0v) is 10.8. The number of rotatable bonds is 3. The van der Waals surface area contributed by atoms with Crippen molar-refractivity contribution in [3.8, 4) is 11.5 Å². The summed E-state index contributed by atoms with van der Waals surface area (Å²) >= 11 is 0. The van der Waals surface area contributed by atoms with Crippen molar-refractivity contribution in [2.75, 3.05) is 17.8 Å². The lowest BCUT2D eigenvalue weighted by Crippen LogP contribution is -2.02. The van der Waals surface area contributed by atoms with Crippen LogP contribution >= 0.6 is 0 Å². The summed E-state index contributed by atoms with van der Waals surface area (Å²) in [5.74, 6) is 1.61. The lowest BCUT2D eigenvalue weighted by atomic mass is 10.1. The van der Waals surface area contributed by atoms with E-state index in [0.717, 1.165) is 28.4 Å². The van der Waals surface area contributed by atoms with Gasteiger partial charge in [0.25, 0.3) is 0 Å². The van der Waals surface area contributed by atoms with E-state index in [0.29, 0.717) is 13.3 Å². The van der Waals surface area contributed by atoms with E-state index < -0.39 is 0 Å². The summed E-state index contributed by atoms with van der Waals surface area (Å²) in [6.07, 6.45) is 0. The van der Waals surface area contributed by atoms with Gasteiger partial charge < -0.3 is 20.5 Å². The third-order valence-corrected chi connectivity index (χ3v) is 3.13. The maximum Gasteiger partial charge on any atom is 0.231 e. The Balaban J connectivity index is 1.74. The van der Waals surface area contributed by atoms with Crippen LogP contribution in [-0.4, -0.2) is 6.79 Å². The minimum atomic E-state index is 0.303. The summed E-state index contributed by atoms with van der Waals surface area (Å²) in [7, 11) is 0. The Labute approximate surface area is 112 Å². The summed E-state index contributed by atoms with van der Waals surface area (Å²) in [6, 6.07) is 11.9. The molecule has 0 aliphatic carbocycles. The number of nitrogens with two attached hydrogens (primary N) is 1. The van der Waals surface area contributed by atoms with Crippen LogP contribution < -0.4 is 20.5 Å². The molecule has 1 heterocycles. The molecule has 4 heteroatoms. The normalized spacial score (nSPS) is 12.5. The highest BCUT2D eigenvalue weighted by molar-refractivity contribution is 5.67. The summed E-state index contributed by atoms with van der Waals surface area (Å²) in [6.45, 7) is 3.05. The number of ether oxygens (including phenoxy) is 2. The van der Waals surface area contributed by atoms with Crippen molar-refractivity contribution in [3.05, 3.63) is 47.5 Å². The van der Waals surface area contributed by atoms with Crippen LogP contribution in [0, 0.1) is 6.92 Å². The molecule has 3 rings (SSSR count). The lowest BCUT2D eigenvalue weighted by Gasteiger charge is -2.10. The van der Waals surface area contributed by atoms with Gasteiger partial charge in [0.15, 0.2) is 11.5 Å². The summed E-state index contributed by atoms with van der Waals surface area (Å²) in [5.41, 5.74) is 9.96. The molecule has 0 aromatic heterocycles. The highest BCUT2D eigenvalue weighted by Gasteiger charge is 2.13. The van der Waals surface area contributed by atoms with Crippen LogP contribution in [-0.2, 0) is 6.54 Å². The first-order valence-electron chi connectivity index (χ1n) is 6.21. The minimum Gasteiger partial charge on any atom is -0.454 e. The van der Waals surface area contributed by atoms with Crippen LogP contribution in [0.25, 0.3) is 0 Å². The third-order valence-electron chi connectivity index (χ3n) is 3.13. The van der Waals surface area contributed by atoms with Crippen molar-refractivity contribution < 1.29 is 9.47 Å². The quantitative estimate of drug-likeness (QED) is 0.829. The van der Waals surface area contributed by atoms with Gasteiger partial charge in [-0.15, -0.1) is 0 Å².